The third-order valence-corrected chi connectivity index (χ3v) is 17.1. The lowest BCUT2D eigenvalue weighted by Gasteiger charge is -2.17. The minimum atomic E-state index is -0.347. The lowest BCUT2D eigenvalue weighted by molar-refractivity contribution is -0.127. The molecule has 0 bridgehead atoms. The molecule has 0 saturated heterocycles. The minimum absolute atomic E-state index is 0.00662. The van der Waals surface area contributed by atoms with Gasteiger partial charge in [-0.2, -0.15) is 0 Å². The van der Waals surface area contributed by atoms with Crippen LogP contribution in [-0.2, 0) is 41.6 Å². The summed E-state index contributed by atoms with van der Waals surface area (Å²) in [5.41, 5.74) is 10.5. The summed E-state index contributed by atoms with van der Waals surface area (Å²) in [6.45, 7) is 1.99. The summed E-state index contributed by atoms with van der Waals surface area (Å²) in [6, 6.07) is 40.2. The Hall–Kier alpha value is -12.8. The summed E-state index contributed by atoms with van der Waals surface area (Å²) in [6.07, 6.45) is 18.0. The molecule has 21 nitrogen and oxygen atoms in total. The SMILES string of the molecule is COc1cc(/C=C/C(=O)CC(=O)/C=C/c2ccc(O)c(OC)c2)ccc1O.COc1cc(/C=C2\CC/C(=C\c3ccc(O)c(OC)c3)C2=O)ccc1C.COc1cc(/C=C2\CCC/C(=C\c3ccc(O)c(OC)c3)C2=O)ccc1O.COc1cc(CCC(=O)CC(=O)CCc2ccc(O)c(OC)c2)ccc1O. The van der Waals surface area contributed by atoms with Crippen LogP contribution in [0.4, 0.5) is 0 Å². The van der Waals surface area contributed by atoms with Crippen LogP contribution in [0, 0.1) is 6.92 Å². The van der Waals surface area contributed by atoms with Crippen LogP contribution in [0.5, 0.6) is 86.2 Å². The largest absolute Gasteiger partial charge is 0.504 e. The molecule has 0 spiro atoms. The fourth-order valence-electron chi connectivity index (χ4n) is 11.2. The van der Waals surface area contributed by atoms with Gasteiger partial charge in [-0.05, 0) is 229 Å². The number of phenols is 7. The van der Waals surface area contributed by atoms with Crippen molar-refractivity contribution in [1.82, 2.24) is 0 Å². The summed E-state index contributed by atoms with van der Waals surface area (Å²) in [5.74, 6) is 2.77. The first-order valence-corrected chi connectivity index (χ1v) is 34.0. The molecule has 2 aliphatic carbocycles. The number of hydrogen-bond donors (Lipinski definition) is 7. The van der Waals surface area contributed by atoms with Crippen LogP contribution >= 0.6 is 0 Å². The number of ketones is 6. The molecule has 7 N–H and O–H groups in total. The van der Waals surface area contributed by atoms with E-state index in [9.17, 15) is 64.5 Å². The monoisotopic (exact) mass is 1460 g/mol. The second-order valence-corrected chi connectivity index (χ2v) is 24.6. The van der Waals surface area contributed by atoms with Crippen LogP contribution in [0.3, 0.4) is 0 Å². The molecule has 558 valence electrons. The summed E-state index contributed by atoms with van der Waals surface area (Å²) in [7, 11) is 11.9. The van der Waals surface area contributed by atoms with E-state index in [-0.39, 0.29) is 101 Å². The van der Waals surface area contributed by atoms with Crippen LogP contribution in [0.1, 0.15) is 108 Å². The number of aromatic hydroxyl groups is 7. The Morgan fingerprint density at radius 3 is 0.907 bits per heavy atom. The predicted octanol–water partition coefficient (Wildman–Crippen LogP) is 15.5. The molecule has 0 heterocycles. The topological polar surface area (TPSA) is 318 Å². The van der Waals surface area contributed by atoms with Crippen molar-refractivity contribution in [3.05, 3.63) is 230 Å². The summed E-state index contributed by atoms with van der Waals surface area (Å²) >= 11 is 0. The Morgan fingerprint density at radius 1 is 0.327 bits per heavy atom. The van der Waals surface area contributed by atoms with Gasteiger partial charge in [0.2, 0.25) is 0 Å². The van der Waals surface area contributed by atoms with Crippen molar-refractivity contribution >= 4 is 71.2 Å². The van der Waals surface area contributed by atoms with Crippen LogP contribution in [0.25, 0.3) is 36.5 Å². The third kappa shape index (κ3) is 24.4. The normalized spacial score (nSPS) is 14.0. The summed E-state index contributed by atoms with van der Waals surface area (Å²) in [4.78, 5) is 73.5. The second-order valence-electron chi connectivity index (χ2n) is 24.6. The number of ether oxygens (including phenoxy) is 8. The number of aryl methyl sites for hydroxylation is 3. The molecular weight excluding hydrogens is 1370 g/mol. The smallest absolute Gasteiger partial charge is 0.185 e. The van der Waals surface area contributed by atoms with E-state index in [1.165, 1.54) is 86.2 Å². The molecular formula is C86H88O21. The summed E-state index contributed by atoms with van der Waals surface area (Å²) < 4.78 is 40.8. The van der Waals surface area contributed by atoms with E-state index in [0.717, 1.165) is 79.8 Å². The van der Waals surface area contributed by atoms with E-state index in [1.807, 2.05) is 49.4 Å². The standard InChI is InChI=1S/C22H22O5.C22H22O4.C21H24O6.C21H20O6/c1-26-20-12-14(6-8-18(20)23)10-16-4-3-5-17(22(16)25)11-15-7-9-19(24)21(13-15)27-2;1-14-4-5-15(12-20(14)25-2)10-17-7-8-18(22(17)24)11-16-6-9-19(23)21(13-16)26-3;2*1-26-20-11-14(5-9-18(20)24)3-7-16(22)13-17(23)8-4-15-6-10-19(25)21(12-15)27-2/h6-13,23-24H,3-5H2,1-2H3;4-6,9-13,23H,7-8H2,1-3H3;5-6,9-12,24-25H,3-4,7-8,13H2,1-2H3;3-12,24-25H,13H2,1-2H3/b16-10+,17-11+;17-10+,18-11+;;7-3+,8-4+. The van der Waals surface area contributed by atoms with Gasteiger partial charge in [0, 0.05) is 35.1 Å². The van der Waals surface area contributed by atoms with Crippen LogP contribution < -0.4 is 37.9 Å². The van der Waals surface area contributed by atoms with Gasteiger partial charge in [-0.3, -0.25) is 28.8 Å². The number of phenolic OH excluding ortho intramolecular Hbond substituents is 7. The fraction of sp³-hybridized carbons (Fsp3) is 0.233. The molecule has 107 heavy (non-hydrogen) atoms. The number of rotatable bonds is 26. The molecule has 2 saturated carbocycles. The zero-order valence-electron chi connectivity index (χ0n) is 61.1. The molecule has 0 unspecified atom stereocenters. The first kappa shape index (κ1) is 81.5. The Bertz CT molecular complexity index is 4430. The van der Waals surface area contributed by atoms with Gasteiger partial charge in [0.1, 0.15) is 17.3 Å². The number of allylic oxidation sites excluding steroid dienone is 6. The average Bonchev–Trinajstić information content (AvgIpc) is 1.79. The van der Waals surface area contributed by atoms with Gasteiger partial charge in [-0.15, -0.1) is 0 Å². The number of hydrogen-bond acceptors (Lipinski definition) is 21. The van der Waals surface area contributed by atoms with E-state index in [1.54, 1.807) is 122 Å². The third-order valence-electron chi connectivity index (χ3n) is 17.1. The van der Waals surface area contributed by atoms with Crippen molar-refractivity contribution in [3.63, 3.8) is 0 Å². The zero-order chi connectivity index (χ0) is 77.7. The predicted molar refractivity (Wildman–Crippen MR) is 409 cm³/mol. The molecule has 10 rings (SSSR count). The lowest BCUT2D eigenvalue weighted by atomic mass is 9.87. The van der Waals surface area contributed by atoms with Crippen LogP contribution in [0.15, 0.2) is 180 Å². The van der Waals surface area contributed by atoms with Gasteiger partial charge in [0.15, 0.2) is 104 Å². The van der Waals surface area contributed by atoms with Gasteiger partial charge < -0.3 is 73.6 Å². The fourth-order valence-corrected chi connectivity index (χ4v) is 11.2. The molecule has 21 heteroatoms. The van der Waals surface area contributed by atoms with Gasteiger partial charge in [-0.1, -0.05) is 66.7 Å². The molecule has 0 aliphatic heterocycles. The molecule has 0 amide bonds. The van der Waals surface area contributed by atoms with Crippen LogP contribution in [-0.4, -0.2) is 127 Å². The van der Waals surface area contributed by atoms with Crippen molar-refractivity contribution in [2.45, 2.75) is 77.6 Å². The Balaban J connectivity index is 0.000000199. The quantitative estimate of drug-likeness (QED) is 0.0196. The maximum Gasteiger partial charge on any atom is 0.185 e. The maximum atomic E-state index is 12.9. The number of methoxy groups -OCH3 is 8. The Labute approximate surface area is 621 Å². The van der Waals surface area contributed by atoms with E-state index in [4.69, 9.17) is 37.9 Å². The van der Waals surface area contributed by atoms with E-state index in [2.05, 4.69) is 0 Å². The average molecular weight is 1460 g/mol. The van der Waals surface area contributed by atoms with E-state index in [0.29, 0.717) is 83.5 Å². The van der Waals surface area contributed by atoms with Crippen molar-refractivity contribution in [1.29, 1.82) is 0 Å². The Morgan fingerprint density at radius 2 is 0.589 bits per heavy atom. The first-order chi connectivity index (χ1) is 51.4. The number of Topliss-reactive ketones (excluding diaryl/α,β-unsaturated/α-hetero) is 4. The highest BCUT2D eigenvalue weighted by atomic mass is 16.5. The van der Waals surface area contributed by atoms with Crippen LogP contribution in [0.2, 0.25) is 0 Å². The number of carbonyl (C=O) groups excluding carboxylic acids is 6. The molecule has 8 aromatic carbocycles. The molecule has 2 fully saturated rings. The van der Waals surface area contributed by atoms with Gasteiger partial charge >= 0.3 is 0 Å². The molecule has 0 aromatic heterocycles. The summed E-state index contributed by atoms with van der Waals surface area (Å²) in [5, 5.41) is 67.3. The minimum Gasteiger partial charge on any atom is -0.504 e. The number of benzene rings is 8. The number of carbonyl (C=O) groups is 6. The second kappa shape index (κ2) is 40.3. The zero-order valence-corrected chi connectivity index (χ0v) is 61.1. The van der Waals surface area contributed by atoms with Gasteiger partial charge in [0.25, 0.3) is 0 Å². The van der Waals surface area contributed by atoms with Crippen molar-refractivity contribution in [3.8, 4) is 86.2 Å². The molecule has 8 aromatic rings. The van der Waals surface area contributed by atoms with Crippen molar-refractivity contribution < 1.29 is 102 Å². The maximum absolute atomic E-state index is 12.9. The molecule has 0 radical (unpaired) electrons. The first-order valence-electron chi connectivity index (χ1n) is 34.0. The van der Waals surface area contributed by atoms with Crippen molar-refractivity contribution in [2.24, 2.45) is 0 Å². The van der Waals surface area contributed by atoms with Gasteiger partial charge in [0.05, 0.1) is 69.7 Å². The highest BCUT2D eigenvalue weighted by molar-refractivity contribution is 6.16. The molecule has 2 aliphatic rings. The molecule has 0 atom stereocenters. The lowest BCUT2D eigenvalue weighted by Crippen LogP contribution is -2.12. The van der Waals surface area contributed by atoms with E-state index >= 15 is 0 Å². The van der Waals surface area contributed by atoms with Crippen molar-refractivity contribution in [2.75, 3.05) is 56.9 Å². The highest BCUT2D eigenvalue weighted by Crippen LogP contribution is 2.37. The van der Waals surface area contributed by atoms with E-state index < -0.39 is 0 Å². The Kier molecular flexibility index (Phi) is 30.7. The van der Waals surface area contributed by atoms with Gasteiger partial charge in [-0.25, -0.2) is 0 Å². The highest BCUT2D eigenvalue weighted by Gasteiger charge is 2.24.